The summed E-state index contributed by atoms with van der Waals surface area (Å²) in [6.45, 7) is 3.87. The zero-order chi connectivity index (χ0) is 10.3. The van der Waals surface area contributed by atoms with Crippen LogP contribution in [0.15, 0.2) is 55.1 Å². The first-order valence-corrected chi connectivity index (χ1v) is 5.02. The van der Waals surface area contributed by atoms with E-state index in [9.17, 15) is 0 Å². The lowest BCUT2D eigenvalue weighted by Gasteiger charge is -1.97. The van der Waals surface area contributed by atoms with Gasteiger partial charge < -0.3 is 4.57 Å². The van der Waals surface area contributed by atoms with Crippen molar-refractivity contribution in [3.63, 3.8) is 0 Å². The second-order valence-electron chi connectivity index (χ2n) is 3.59. The summed E-state index contributed by atoms with van der Waals surface area (Å²) in [4.78, 5) is 0. The van der Waals surface area contributed by atoms with Crippen LogP contribution in [0.5, 0.6) is 0 Å². The minimum absolute atomic E-state index is 0. The monoisotopic (exact) mass is 229 g/mol. The van der Waals surface area contributed by atoms with E-state index in [1.54, 1.807) is 0 Å². The van der Waals surface area contributed by atoms with Crippen molar-refractivity contribution >= 4 is 40.4 Å². The van der Waals surface area contributed by atoms with Gasteiger partial charge in [-0.05, 0) is 12.1 Å². The molecule has 0 saturated carbocycles. The van der Waals surface area contributed by atoms with Crippen molar-refractivity contribution in [2.24, 2.45) is 0 Å². The molecule has 3 aromatic rings. The van der Waals surface area contributed by atoms with Gasteiger partial charge in [0.05, 0.1) is 11.0 Å². The fourth-order valence-corrected chi connectivity index (χ4v) is 2.15. The van der Waals surface area contributed by atoms with Gasteiger partial charge in [-0.1, -0.05) is 43.0 Å². The molecule has 1 heterocycles. The van der Waals surface area contributed by atoms with Crippen LogP contribution < -0.4 is 0 Å². The third kappa shape index (κ3) is 1.33. The van der Waals surface area contributed by atoms with Crippen LogP contribution in [0.25, 0.3) is 28.0 Å². The van der Waals surface area contributed by atoms with Crippen molar-refractivity contribution in [2.45, 2.75) is 0 Å². The number of benzene rings is 2. The van der Waals surface area contributed by atoms with Gasteiger partial charge in [0, 0.05) is 17.0 Å². The largest absolute Gasteiger partial charge is 0.317 e. The number of fused-ring (bicyclic) bond motifs is 3. The molecule has 0 aliphatic carbocycles. The van der Waals surface area contributed by atoms with Crippen LogP contribution in [0.2, 0.25) is 0 Å². The van der Waals surface area contributed by atoms with Crippen molar-refractivity contribution < 1.29 is 0 Å². The number of para-hydroxylation sites is 2. The average molecular weight is 230 g/mol. The van der Waals surface area contributed by atoms with Gasteiger partial charge in [0.1, 0.15) is 0 Å². The van der Waals surface area contributed by atoms with E-state index in [2.05, 4.69) is 59.7 Å². The smallest absolute Gasteiger partial charge is 0.0534 e. The van der Waals surface area contributed by atoms with Crippen molar-refractivity contribution in [3.8, 4) is 0 Å². The van der Waals surface area contributed by atoms with Crippen LogP contribution in [0.4, 0.5) is 0 Å². The Morgan fingerprint density at radius 2 is 1.25 bits per heavy atom. The Hall–Kier alpha value is -1.73. The minimum atomic E-state index is 0. The van der Waals surface area contributed by atoms with E-state index in [-0.39, 0.29) is 12.4 Å². The first-order valence-electron chi connectivity index (χ1n) is 5.02. The SMILES string of the molecule is C=Cn1c2ccccc2c2ccccc21.Cl. The third-order valence-electron chi connectivity index (χ3n) is 2.80. The fraction of sp³-hybridized carbons (Fsp3) is 0. The molecule has 0 bridgehead atoms. The van der Waals surface area contributed by atoms with Gasteiger partial charge in [-0.15, -0.1) is 12.4 Å². The fourth-order valence-electron chi connectivity index (χ4n) is 2.15. The third-order valence-corrected chi connectivity index (χ3v) is 2.80. The van der Waals surface area contributed by atoms with Crippen LogP contribution >= 0.6 is 12.4 Å². The van der Waals surface area contributed by atoms with E-state index in [1.807, 2.05) is 6.20 Å². The number of hydrogen-bond acceptors (Lipinski definition) is 0. The van der Waals surface area contributed by atoms with Gasteiger partial charge in [0.25, 0.3) is 0 Å². The zero-order valence-electron chi connectivity index (χ0n) is 8.76. The molecule has 2 aromatic carbocycles. The maximum atomic E-state index is 3.87. The van der Waals surface area contributed by atoms with Crippen molar-refractivity contribution in [3.05, 3.63) is 55.1 Å². The van der Waals surface area contributed by atoms with Crippen LogP contribution in [0.1, 0.15) is 0 Å². The van der Waals surface area contributed by atoms with Gasteiger partial charge in [-0.3, -0.25) is 0 Å². The number of halogens is 1. The van der Waals surface area contributed by atoms with E-state index in [0.717, 1.165) is 0 Å². The Labute approximate surface area is 100 Å². The van der Waals surface area contributed by atoms with Crippen molar-refractivity contribution in [1.82, 2.24) is 4.57 Å². The summed E-state index contributed by atoms with van der Waals surface area (Å²) in [5, 5.41) is 2.57. The number of rotatable bonds is 1. The molecule has 16 heavy (non-hydrogen) atoms. The average Bonchev–Trinajstić information content (AvgIpc) is 2.63. The molecule has 3 rings (SSSR count). The highest BCUT2D eigenvalue weighted by Crippen LogP contribution is 2.28. The quantitative estimate of drug-likeness (QED) is 0.586. The summed E-state index contributed by atoms with van der Waals surface area (Å²) < 4.78 is 2.13. The molecule has 2 heteroatoms. The summed E-state index contributed by atoms with van der Waals surface area (Å²) in [5.74, 6) is 0. The molecule has 80 valence electrons. The molecule has 1 nitrogen and oxygen atoms in total. The van der Waals surface area contributed by atoms with Gasteiger partial charge in [0.2, 0.25) is 0 Å². The normalized spacial score (nSPS) is 10.2. The molecule has 0 atom stereocenters. The van der Waals surface area contributed by atoms with E-state index in [0.29, 0.717) is 0 Å². The second-order valence-corrected chi connectivity index (χ2v) is 3.59. The number of nitrogens with zero attached hydrogens (tertiary/aromatic N) is 1. The molecule has 0 fully saturated rings. The predicted octanol–water partition coefficient (Wildman–Crippen LogP) is 4.32. The maximum Gasteiger partial charge on any atom is 0.0534 e. The van der Waals surface area contributed by atoms with Crippen molar-refractivity contribution in [2.75, 3.05) is 0 Å². The van der Waals surface area contributed by atoms with E-state index in [4.69, 9.17) is 0 Å². The zero-order valence-corrected chi connectivity index (χ0v) is 9.58. The molecule has 0 spiro atoms. The van der Waals surface area contributed by atoms with Crippen LogP contribution in [-0.2, 0) is 0 Å². The molecule has 0 amide bonds. The summed E-state index contributed by atoms with van der Waals surface area (Å²) in [6, 6.07) is 16.8. The van der Waals surface area contributed by atoms with Crippen LogP contribution in [-0.4, -0.2) is 4.57 Å². The van der Waals surface area contributed by atoms with Crippen LogP contribution in [0.3, 0.4) is 0 Å². The second kappa shape index (κ2) is 4.03. The molecule has 0 aliphatic heterocycles. The summed E-state index contributed by atoms with van der Waals surface area (Å²) in [7, 11) is 0. The minimum Gasteiger partial charge on any atom is -0.317 e. The molecule has 0 radical (unpaired) electrons. The molecule has 0 N–H and O–H groups in total. The highest BCUT2D eigenvalue weighted by Gasteiger charge is 2.06. The number of aromatic nitrogens is 1. The summed E-state index contributed by atoms with van der Waals surface area (Å²) >= 11 is 0. The predicted molar refractivity (Wildman–Crippen MR) is 73.1 cm³/mol. The van der Waals surface area contributed by atoms with Gasteiger partial charge in [-0.2, -0.15) is 0 Å². The topological polar surface area (TPSA) is 4.93 Å². The standard InChI is InChI=1S/C14H11N.ClH/c1-2-15-13-9-5-3-7-11(13)12-8-4-6-10-14(12)15;/h2-10H,1H2;1H. The van der Waals surface area contributed by atoms with Gasteiger partial charge >= 0.3 is 0 Å². The lowest BCUT2D eigenvalue weighted by atomic mass is 10.2. The Morgan fingerprint density at radius 3 is 1.69 bits per heavy atom. The highest BCUT2D eigenvalue weighted by atomic mass is 35.5. The first-order chi connectivity index (χ1) is 7.42. The van der Waals surface area contributed by atoms with E-state index >= 15 is 0 Å². The molecule has 0 aliphatic rings. The van der Waals surface area contributed by atoms with Crippen molar-refractivity contribution in [1.29, 1.82) is 0 Å². The van der Waals surface area contributed by atoms with Gasteiger partial charge in [-0.25, -0.2) is 0 Å². The van der Waals surface area contributed by atoms with Gasteiger partial charge in [0.15, 0.2) is 0 Å². The summed E-state index contributed by atoms with van der Waals surface area (Å²) in [5.41, 5.74) is 2.43. The van der Waals surface area contributed by atoms with E-state index in [1.165, 1.54) is 21.8 Å². The summed E-state index contributed by atoms with van der Waals surface area (Å²) in [6.07, 6.45) is 1.87. The number of hydrogen-bond donors (Lipinski definition) is 0. The Balaban J connectivity index is 0.000000963. The first kappa shape index (κ1) is 10.8. The Kier molecular flexibility index (Phi) is 2.71. The lowest BCUT2D eigenvalue weighted by Crippen LogP contribution is -1.82. The van der Waals surface area contributed by atoms with Crippen LogP contribution in [0, 0.1) is 0 Å². The Morgan fingerprint density at radius 1 is 0.812 bits per heavy atom. The molecular formula is C14H12ClN. The molecule has 1 aromatic heterocycles. The molecule has 0 saturated heterocycles. The Bertz CT molecular complexity index is 599. The highest BCUT2D eigenvalue weighted by molar-refractivity contribution is 6.09. The maximum absolute atomic E-state index is 3.87. The molecular weight excluding hydrogens is 218 g/mol. The lowest BCUT2D eigenvalue weighted by molar-refractivity contribution is 1.30. The van der Waals surface area contributed by atoms with E-state index < -0.39 is 0 Å². The molecule has 0 unspecified atom stereocenters.